The quantitative estimate of drug-likeness (QED) is 0.776. The van der Waals surface area contributed by atoms with Gasteiger partial charge in [-0.15, -0.1) is 0 Å². The van der Waals surface area contributed by atoms with Crippen LogP contribution in [0.25, 0.3) is 0 Å². The molecule has 1 unspecified atom stereocenters. The molecule has 0 spiro atoms. The van der Waals surface area contributed by atoms with Gasteiger partial charge in [-0.2, -0.15) is 0 Å². The second-order valence-corrected chi connectivity index (χ2v) is 3.40. The van der Waals surface area contributed by atoms with Gasteiger partial charge in [0.1, 0.15) is 0 Å². The van der Waals surface area contributed by atoms with E-state index in [4.69, 9.17) is 19.4 Å². The summed E-state index contributed by atoms with van der Waals surface area (Å²) in [6, 6.07) is 0. The first-order valence-corrected chi connectivity index (χ1v) is 4.64. The lowest BCUT2D eigenvalue weighted by atomic mass is 10.1. The van der Waals surface area contributed by atoms with Crippen LogP contribution in [0.2, 0.25) is 0 Å². The standard InChI is InChI=1S/C9H9NO6/c11-8(12)5-6(9(13)14)16-7(10-5)4-1-2-15-3-4/h4H,1-3H2,(H,11,12)(H,13,14). The Morgan fingerprint density at radius 2 is 2.06 bits per heavy atom. The fourth-order valence-electron chi connectivity index (χ4n) is 1.53. The highest BCUT2D eigenvalue weighted by Gasteiger charge is 2.30. The van der Waals surface area contributed by atoms with Gasteiger partial charge >= 0.3 is 11.9 Å². The molecule has 0 bridgehead atoms. The van der Waals surface area contributed by atoms with Crippen molar-refractivity contribution in [2.45, 2.75) is 12.3 Å². The summed E-state index contributed by atoms with van der Waals surface area (Å²) in [5.41, 5.74) is -0.561. The summed E-state index contributed by atoms with van der Waals surface area (Å²) in [5, 5.41) is 17.5. The molecule has 86 valence electrons. The van der Waals surface area contributed by atoms with Crippen LogP contribution < -0.4 is 0 Å². The van der Waals surface area contributed by atoms with E-state index < -0.39 is 23.4 Å². The van der Waals surface area contributed by atoms with Crippen molar-refractivity contribution >= 4 is 11.9 Å². The lowest BCUT2D eigenvalue weighted by Crippen LogP contribution is -2.06. The maximum Gasteiger partial charge on any atom is 0.374 e. The predicted octanol–water partition coefficient (Wildman–Crippen LogP) is 0.575. The molecule has 1 atom stereocenters. The van der Waals surface area contributed by atoms with Gasteiger partial charge in [0.05, 0.1) is 12.5 Å². The second-order valence-electron chi connectivity index (χ2n) is 3.40. The Kier molecular flexibility index (Phi) is 2.61. The predicted molar refractivity (Wildman–Crippen MR) is 48.6 cm³/mol. The fraction of sp³-hybridized carbons (Fsp3) is 0.444. The van der Waals surface area contributed by atoms with Crippen LogP contribution >= 0.6 is 0 Å². The molecule has 0 aromatic carbocycles. The third-order valence-electron chi connectivity index (χ3n) is 2.32. The van der Waals surface area contributed by atoms with Crippen molar-refractivity contribution in [1.29, 1.82) is 0 Å². The van der Waals surface area contributed by atoms with Gasteiger partial charge < -0.3 is 19.4 Å². The molecule has 0 amide bonds. The van der Waals surface area contributed by atoms with Crippen molar-refractivity contribution in [3.8, 4) is 0 Å². The Balaban J connectivity index is 2.37. The normalized spacial score (nSPS) is 19.9. The molecule has 1 aromatic rings. The van der Waals surface area contributed by atoms with E-state index in [2.05, 4.69) is 4.98 Å². The van der Waals surface area contributed by atoms with E-state index in [1.54, 1.807) is 0 Å². The zero-order valence-corrected chi connectivity index (χ0v) is 8.17. The number of rotatable bonds is 3. The Morgan fingerprint density at radius 3 is 2.50 bits per heavy atom. The summed E-state index contributed by atoms with van der Waals surface area (Å²) in [6.07, 6.45) is 0.651. The molecule has 2 N–H and O–H groups in total. The van der Waals surface area contributed by atoms with Gasteiger partial charge in [0.2, 0.25) is 17.3 Å². The summed E-state index contributed by atoms with van der Waals surface area (Å²) in [5.74, 6) is -3.52. The van der Waals surface area contributed by atoms with Gasteiger partial charge in [-0.1, -0.05) is 0 Å². The molecule has 1 saturated heterocycles. The summed E-state index contributed by atoms with van der Waals surface area (Å²) >= 11 is 0. The molecule has 2 heterocycles. The van der Waals surface area contributed by atoms with Crippen molar-refractivity contribution in [2.24, 2.45) is 0 Å². The topological polar surface area (TPSA) is 110 Å². The average molecular weight is 227 g/mol. The first kappa shape index (κ1) is 10.6. The van der Waals surface area contributed by atoms with Crippen LogP contribution in [0.3, 0.4) is 0 Å². The van der Waals surface area contributed by atoms with Crippen LogP contribution in [0.15, 0.2) is 4.42 Å². The first-order valence-electron chi connectivity index (χ1n) is 4.64. The largest absolute Gasteiger partial charge is 0.476 e. The molecule has 2 rings (SSSR count). The molecule has 7 heteroatoms. The summed E-state index contributed by atoms with van der Waals surface area (Å²) in [7, 11) is 0. The lowest BCUT2D eigenvalue weighted by molar-refractivity contribution is 0.0622. The van der Waals surface area contributed by atoms with Crippen LogP contribution in [-0.4, -0.2) is 40.3 Å². The minimum absolute atomic E-state index is 0.118. The molecular formula is C9H9NO6. The molecule has 1 aliphatic rings. The zero-order chi connectivity index (χ0) is 11.7. The molecular weight excluding hydrogens is 218 g/mol. The summed E-state index contributed by atoms with van der Waals surface area (Å²) < 4.78 is 10.0. The summed E-state index contributed by atoms with van der Waals surface area (Å²) in [6.45, 7) is 0.913. The number of aromatic nitrogens is 1. The maximum absolute atomic E-state index is 10.7. The van der Waals surface area contributed by atoms with E-state index in [1.165, 1.54) is 0 Å². The highest BCUT2D eigenvalue weighted by atomic mass is 16.5. The van der Waals surface area contributed by atoms with Gasteiger partial charge in [-0.05, 0) is 6.42 Å². The van der Waals surface area contributed by atoms with Crippen LogP contribution in [0.5, 0.6) is 0 Å². The number of carboxylic acid groups (broad SMARTS) is 2. The van der Waals surface area contributed by atoms with E-state index in [0.717, 1.165) is 0 Å². The van der Waals surface area contributed by atoms with Gasteiger partial charge in [-0.25, -0.2) is 14.6 Å². The van der Waals surface area contributed by atoms with Gasteiger partial charge in [-0.3, -0.25) is 0 Å². The number of nitrogens with zero attached hydrogens (tertiary/aromatic N) is 1. The van der Waals surface area contributed by atoms with Crippen molar-refractivity contribution in [3.05, 3.63) is 17.3 Å². The smallest absolute Gasteiger partial charge is 0.374 e. The van der Waals surface area contributed by atoms with Gasteiger partial charge in [0, 0.05) is 6.61 Å². The minimum atomic E-state index is -1.44. The van der Waals surface area contributed by atoms with Crippen LogP contribution in [0, 0.1) is 0 Å². The molecule has 16 heavy (non-hydrogen) atoms. The highest BCUT2D eigenvalue weighted by Crippen LogP contribution is 2.26. The maximum atomic E-state index is 10.7. The second kappa shape index (κ2) is 3.93. The SMILES string of the molecule is O=C(O)c1nc(C2CCOC2)oc1C(=O)O. The molecule has 1 aromatic heterocycles. The zero-order valence-electron chi connectivity index (χ0n) is 8.17. The lowest BCUT2D eigenvalue weighted by Gasteiger charge is -1.98. The molecule has 0 radical (unpaired) electrons. The Hall–Kier alpha value is -1.89. The molecule has 0 saturated carbocycles. The fourth-order valence-corrected chi connectivity index (χ4v) is 1.53. The van der Waals surface area contributed by atoms with Crippen molar-refractivity contribution in [1.82, 2.24) is 4.98 Å². The molecule has 0 aliphatic carbocycles. The Labute approximate surface area is 89.7 Å². The van der Waals surface area contributed by atoms with E-state index in [-0.39, 0.29) is 11.8 Å². The minimum Gasteiger partial charge on any atom is -0.476 e. The van der Waals surface area contributed by atoms with Crippen molar-refractivity contribution in [3.63, 3.8) is 0 Å². The molecule has 7 nitrogen and oxygen atoms in total. The van der Waals surface area contributed by atoms with Crippen LogP contribution in [0.4, 0.5) is 0 Å². The highest BCUT2D eigenvalue weighted by molar-refractivity contribution is 5.98. The van der Waals surface area contributed by atoms with Crippen molar-refractivity contribution in [2.75, 3.05) is 13.2 Å². The number of carboxylic acids is 2. The van der Waals surface area contributed by atoms with Crippen molar-refractivity contribution < 1.29 is 29.0 Å². The third kappa shape index (κ3) is 1.76. The van der Waals surface area contributed by atoms with E-state index >= 15 is 0 Å². The van der Waals surface area contributed by atoms with E-state index in [9.17, 15) is 9.59 Å². The van der Waals surface area contributed by atoms with E-state index in [0.29, 0.717) is 19.6 Å². The monoisotopic (exact) mass is 227 g/mol. The van der Waals surface area contributed by atoms with Gasteiger partial charge in [0.25, 0.3) is 0 Å². The molecule has 1 aliphatic heterocycles. The Bertz CT molecular complexity index is 400. The third-order valence-corrected chi connectivity index (χ3v) is 2.32. The average Bonchev–Trinajstić information content (AvgIpc) is 2.86. The first-order chi connectivity index (χ1) is 7.59. The number of oxazole rings is 1. The molecule has 1 fully saturated rings. The summed E-state index contributed by atoms with van der Waals surface area (Å²) in [4.78, 5) is 25.1. The Morgan fingerprint density at radius 1 is 1.31 bits per heavy atom. The number of carbonyl (C=O) groups is 2. The van der Waals surface area contributed by atoms with Crippen LogP contribution in [-0.2, 0) is 4.74 Å². The van der Waals surface area contributed by atoms with Gasteiger partial charge in [0.15, 0.2) is 0 Å². The number of hydrogen-bond donors (Lipinski definition) is 2. The number of aromatic carboxylic acids is 2. The number of ether oxygens (including phenoxy) is 1. The van der Waals surface area contributed by atoms with Crippen LogP contribution in [0.1, 0.15) is 39.3 Å². The number of hydrogen-bond acceptors (Lipinski definition) is 5. The van der Waals surface area contributed by atoms with E-state index in [1.807, 2.05) is 0 Å².